The molecule has 0 aliphatic heterocycles. The number of ether oxygens (including phenoxy) is 2. The van der Waals surface area contributed by atoms with Crippen molar-refractivity contribution in [2.24, 2.45) is 0 Å². The van der Waals surface area contributed by atoms with Crippen molar-refractivity contribution in [3.05, 3.63) is 72.9 Å². The summed E-state index contributed by atoms with van der Waals surface area (Å²) in [6.07, 6.45) is 63.8. The van der Waals surface area contributed by atoms with E-state index in [1.807, 2.05) is 21.1 Å². The zero-order valence-corrected chi connectivity index (χ0v) is 43.9. The predicted octanol–water partition coefficient (Wildman–Crippen LogP) is 16.6. The van der Waals surface area contributed by atoms with E-state index >= 15 is 0 Å². The number of unbranched alkanes of at least 4 members (excludes halogenated alkanes) is 23. The Morgan fingerprint density at radius 1 is 0.492 bits per heavy atom. The summed E-state index contributed by atoms with van der Waals surface area (Å²) in [7, 11) is 1.66. The van der Waals surface area contributed by atoms with Gasteiger partial charge in [0, 0.05) is 13.0 Å². The van der Waals surface area contributed by atoms with E-state index < -0.39 is 13.9 Å². The first kappa shape index (κ1) is 62.9. The Kier molecular flexibility index (Phi) is 46.9. The highest BCUT2D eigenvalue weighted by Crippen LogP contribution is 2.43. The van der Waals surface area contributed by atoms with Crippen LogP contribution in [0.5, 0.6) is 0 Å². The average molecular weight is 933 g/mol. The number of phosphoric ester groups is 1. The Hall–Kier alpha value is -2.06. The second kappa shape index (κ2) is 48.4. The van der Waals surface area contributed by atoms with Crippen LogP contribution in [0, 0.1) is 0 Å². The van der Waals surface area contributed by atoms with E-state index in [1.165, 1.54) is 135 Å². The number of rotatable bonds is 49. The Bertz CT molecular complexity index is 1270. The van der Waals surface area contributed by atoms with Crippen molar-refractivity contribution in [1.82, 2.24) is 0 Å². The second-order valence-corrected chi connectivity index (χ2v) is 20.3. The molecule has 0 fully saturated rings. The molecule has 0 bridgehead atoms. The van der Waals surface area contributed by atoms with Crippen LogP contribution in [0.3, 0.4) is 0 Å². The fourth-order valence-electron chi connectivity index (χ4n) is 7.16. The summed E-state index contributed by atoms with van der Waals surface area (Å²) in [6, 6.07) is 0. The highest BCUT2D eigenvalue weighted by molar-refractivity contribution is 7.47. The van der Waals surface area contributed by atoms with Crippen LogP contribution in [0.25, 0.3) is 0 Å². The number of allylic oxidation sites excluding steroid dienone is 12. The smallest absolute Gasteiger partial charge is 0.457 e. The number of carbonyl (C=O) groups excluding carboxylic acids is 1. The topological polar surface area (TPSA) is 91.3 Å². The predicted molar refractivity (Wildman–Crippen MR) is 279 cm³/mol. The highest BCUT2D eigenvalue weighted by Gasteiger charge is 2.26. The molecule has 1 N–H and O–H groups in total. The molecule has 65 heavy (non-hydrogen) atoms. The number of quaternary nitrogens is 1. The van der Waals surface area contributed by atoms with E-state index in [1.54, 1.807) is 0 Å². The largest absolute Gasteiger partial charge is 0.472 e. The Morgan fingerprint density at radius 3 is 1.35 bits per heavy atom. The van der Waals surface area contributed by atoms with Crippen molar-refractivity contribution in [2.75, 3.05) is 54.1 Å². The van der Waals surface area contributed by atoms with Gasteiger partial charge in [0.15, 0.2) is 0 Å². The van der Waals surface area contributed by atoms with Gasteiger partial charge in [0.2, 0.25) is 0 Å². The summed E-state index contributed by atoms with van der Waals surface area (Å²) in [5.74, 6) is -0.320. The lowest BCUT2D eigenvalue weighted by Crippen LogP contribution is -2.37. The lowest BCUT2D eigenvalue weighted by Gasteiger charge is -2.24. The Morgan fingerprint density at radius 2 is 0.892 bits per heavy atom. The van der Waals surface area contributed by atoms with Crippen molar-refractivity contribution >= 4 is 13.8 Å². The van der Waals surface area contributed by atoms with Crippen molar-refractivity contribution in [2.45, 2.75) is 225 Å². The van der Waals surface area contributed by atoms with Crippen LogP contribution in [-0.4, -0.2) is 75.6 Å². The van der Waals surface area contributed by atoms with Crippen molar-refractivity contribution in [3.8, 4) is 0 Å². The normalized spacial score (nSPS) is 14.1. The van der Waals surface area contributed by atoms with Crippen LogP contribution >= 0.6 is 7.82 Å². The minimum atomic E-state index is -4.29. The molecule has 0 saturated heterocycles. The Balaban J connectivity index is 4.12. The lowest BCUT2D eigenvalue weighted by molar-refractivity contribution is -0.870. The van der Waals surface area contributed by atoms with Crippen LogP contribution in [0.2, 0.25) is 0 Å². The molecule has 0 spiro atoms. The molecule has 2 unspecified atom stereocenters. The van der Waals surface area contributed by atoms with Crippen LogP contribution < -0.4 is 0 Å². The van der Waals surface area contributed by atoms with E-state index in [0.717, 1.165) is 64.2 Å². The zero-order chi connectivity index (χ0) is 47.6. The van der Waals surface area contributed by atoms with E-state index in [-0.39, 0.29) is 25.8 Å². The maximum atomic E-state index is 12.8. The van der Waals surface area contributed by atoms with Gasteiger partial charge < -0.3 is 18.9 Å². The molecule has 0 aromatic rings. The number of esters is 1. The maximum absolute atomic E-state index is 12.8. The molecule has 0 saturated carbocycles. The van der Waals surface area contributed by atoms with Gasteiger partial charge in [-0.05, 0) is 83.5 Å². The van der Waals surface area contributed by atoms with E-state index in [4.69, 9.17) is 18.5 Å². The number of phosphoric acid groups is 1. The van der Waals surface area contributed by atoms with Gasteiger partial charge in [0.05, 0.1) is 34.4 Å². The monoisotopic (exact) mass is 933 g/mol. The number of carbonyl (C=O) groups is 1. The quantitative estimate of drug-likeness (QED) is 0.0214. The molecular weight excluding hydrogens is 830 g/mol. The summed E-state index contributed by atoms with van der Waals surface area (Å²) < 4.78 is 35.2. The van der Waals surface area contributed by atoms with E-state index in [2.05, 4.69) is 86.8 Å². The van der Waals surface area contributed by atoms with Crippen molar-refractivity contribution in [3.63, 3.8) is 0 Å². The summed E-state index contributed by atoms with van der Waals surface area (Å²) in [4.78, 5) is 23.0. The molecule has 0 aromatic heterocycles. The third-order valence-electron chi connectivity index (χ3n) is 11.3. The fraction of sp³-hybridized carbons (Fsp3) is 0.768. The molecular formula is C56H103NO7P+. The summed E-state index contributed by atoms with van der Waals surface area (Å²) in [5, 5.41) is 0. The zero-order valence-electron chi connectivity index (χ0n) is 43.0. The third-order valence-corrected chi connectivity index (χ3v) is 12.2. The number of likely N-dealkylation sites (N-methyl/N-ethyl adjacent to an activating group) is 1. The minimum Gasteiger partial charge on any atom is -0.457 e. The van der Waals surface area contributed by atoms with Gasteiger partial charge in [-0.3, -0.25) is 13.8 Å². The number of hydrogen-bond donors (Lipinski definition) is 1. The third kappa shape index (κ3) is 52.8. The molecule has 378 valence electrons. The first-order valence-electron chi connectivity index (χ1n) is 26.7. The fourth-order valence-corrected chi connectivity index (χ4v) is 7.90. The lowest BCUT2D eigenvalue weighted by atomic mass is 10.1. The molecule has 2 atom stereocenters. The van der Waals surface area contributed by atoms with Gasteiger partial charge >= 0.3 is 13.8 Å². The van der Waals surface area contributed by atoms with Crippen LogP contribution in [0.1, 0.15) is 219 Å². The number of nitrogens with zero attached hydrogens (tertiary/aromatic N) is 1. The van der Waals surface area contributed by atoms with Crippen LogP contribution in [0.4, 0.5) is 0 Å². The Labute approximate surface area is 402 Å². The molecule has 0 aliphatic rings. The average Bonchev–Trinajstić information content (AvgIpc) is 3.27. The van der Waals surface area contributed by atoms with Gasteiger partial charge in [0.25, 0.3) is 0 Å². The molecule has 0 aromatic carbocycles. The molecule has 0 amide bonds. The van der Waals surface area contributed by atoms with Crippen molar-refractivity contribution < 1.29 is 37.3 Å². The van der Waals surface area contributed by atoms with Gasteiger partial charge in [0.1, 0.15) is 19.3 Å². The molecule has 8 nitrogen and oxygen atoms in total. The molecule has 0 heterocycles. The maximum Gasteiger partial charge on any atom is 0.472 e. The molecule has 0 rings (SSSR count). The van der Waals surface area contributed by atoms with Gasteiger partial charge in [-0.25, -0.2) is 4.57 Å². The first-order chi connectivity index (χ1) is 31.6. The SMILES string of the molecule is CC/C=C\C/C=C\C/C=C\C/C=C\C/C=C\CCCCCCCCCCCCOCC(COP(=O)(O)OCC[N+](C)(C)C)OC(=O)CCCCCCCCC/C=C\CCCCCCCC. The standard InChI is InChI=1S/C56H102NO7P/c1-6-8-10-12-14-16-18-20-22-24-25-26-27-28-29-30-31-32-34-36-38-40-42-44-46-48-51-61-53-55(54-63-65(59,60)62-52-50-57(3,4)5)64-56(58)49-47-45-43-41-39-37-35-33-23-21-19-17-15-13-11-9-7-2/h8,10,14,16,20-23,25-26,28-29,55H,6-7,9,11-13,15,17-19,24,27,30-54H2,1-5H3/p+1/b10-8-,16-14-,22-20-,23-21-,26-25-,29-28-. The van der Waals surface area contributed by atoms with Crippen LogP contribution in [-0.2, 0) is 27.9 Å². The van der Waals surface area contributed by atoms with E-state index in [9.17, 15) is 14.3 Å². The van der Waals surface area contributed by atoms with E-state index in [0.29, 0.717) is 24.1 Å². The molecule has 0 aliphatic carbocycles. The molecule has 9 heteroatoms. The van der Waals surface area contributed by atoms with Crippen molar-refractivity contribution in [1.29, 1.82) is 0 Å². The van der Waals surface area contributed by atoms with Crippen LogP contribution in [0.15, 0.2) is 72.9 Å². The summed E-state index contributed by atoms with van der Waals surface area (Å²) in [5.41, 5.74) is 0. The van der Waals surface area contributed by atoms with Gasteiger partial charge in [-0.1, -0.05) is 202 Å². The minimum absolute atomic E-state index is 0.0843. The first-order valence-corrected chi connectivity index (χ1v) is 28.2. The number of hydrogen-bond acceptors (Lipinski definition) is 6. The summed E-state index contributed by atoms with van der Waals surface area (Å²) >= 11 is 0. The summed E-state index contributed by atoms with van der Waals surface area (Å²) in [6.45, 7) is 5.50. The second-order valence-electron chi connectivity index (χ2n) is 18.9. The van der Waals surface area contributed by atoms with Gasteiger partial charge in [-0.2, -0.15) is 0 Å². The van der Waals surface area contributed by atoms with Gasteiger partial charge in [-0.15, -0.1) is 0 Å². The molecule has 0 radical (unpaired) electrons. The highest BCUT2D eigenvalue weighted by atomic mass is 31.2.